The quantitative estimate of drug-likeness (QED) is 0.699. The molecule has 6 heteroatoms. The number of carbonyl (C=O) groups is 2. The monoisotopic (exact) mass is 367 g/mol. The van der Waals surface area contributed by atoms with Gasteiger partial charge in [-0.15, -0.1) is 0 Å². The summed E-state index contributed by atoms with van der Waals surface area (Å²) in [5.74, 6) is -0.476. The molecule has 132 valence electrons. The lowest BCUT2D eigenvalue weighted by Crippen LogP contribution is -2.33. The molecule has 2 amide bonds. The Morgan fingerprint density at radius 2 is 1.69 bits per heavy atom. The van der Waals surface area contributed by atoms with E-state index < -0.39 is 0 Å². The molecule has 0 atom stereocenters. The molecule has 0 radical (unpaired) electrons. The van der Waals surface area contributed by atoms with Crippen molar-refractivity contribution in [1.82, 2.24) is 10.3 Å². The highest BCUT2D eigenvalue weighted by molar-refractivity contribution is 6.30. The van der Waals surface area contributed by atoms with Crippen LogP contribution >= 0.6 is 11.6 Å². The maximum atomic E-state index is 11.9. The number of aryl methyl sites for hydroxylation is 1. The fourth-order valence-electron chi connectivity index (χ4n) is 2.49. The van der Waals surface area contributed by atoms with Crippen molar-refractivity contribution in [2.24, 2.45) is 0 Å². The topological polar surface area (TPSA) is 71.1 Å². The van der Waals surface area contributed by atoms with E-state index in [1.807, 2.05) is 36.4 Å². The highest BCUT2D eigenvalue weighted by atomic mass is 35.5. The third-order valence-electron chi connectivity index (χ3n) is 3.84. The van der Waals surface area contributed by atoms with Crippen LogP contribution in [0.3, 0.4) is 0 Å². The number of carbonyl (C=O) groups excluding carboxylic acids is 2. The molecule has 0 unspecified atom stereocenters. The van der Waals surface area contributed by atoms with Gasteiger partial charge in [-0.05, 0) is 42.8 Å². The highest BCUT2D eigenvalue weighted by Gasteiger charge is 2.07. The Labute approximate surface area is 156 Å². The molecule has 0 fully saturated rings. The summed E-state index contributed by atoms with van der Waals surface area (Å²) in [5, 5.41) is 6.98. The fraction of sp³-hybridized carbons (Fsp3) is 0.150. The van der Waals surface area contributed by atoms with Gasteiger partial charge in [0.05, 0.1) is 12.1 Å². The number of amides is 2. The van der Waals surface area contributed by atoms with Crippen LogP contribution in [0.25, 0.3) is 10.9 Å². The van der Waals surface area contributed by atoms with E-state index in [0.717, 1.165) is 16.6 Å². The molecule has 0 aliphatic rings. The molecule has 0 saturated heterocycles. The predicted octanol–water partition coefficient (Wildman–Crippen LogP) is 3.58. The molecule has 0 bridgehead atoms. The van der Waals surface area contributed by atoms with Crippen LogP contribution in [-0.4, -0.2) is 23.3 Å². The molecule has 3 rings (SSSR count). The summed E-state index contributed by atoms with van der Waals surface area (Å²) in [5.41, 5.74) is 2.39. The minimum atomic E-state index is -0.287. The number of nitrogens with zero attached hydrogens (tertiary/aromatic N) is 1. The lowest BCUT2D eigenvalue weighted by molar-refractivity contribution is -0.124. The maximum Gasteiger partial charge on any atom is 0.243 e. The molecule has 2 aromatic carbocycles. The second kappa shape index (κ2) is 8.45. The van der Waals surface area contributed by atoms with E-state index in [0.29, 0.717) is 17.1 Å². The molecule has 5 nitrogen and oxygen atoms in total. The standard InChI is InChI=1S/C20H18ClN3O2/c21-15-6-9-17(10-7-15)24-20(26)13-22-19(25)12-11-16-8-5-14-3-1-2-4-18(14)23-16/h1-10H,11-13H2,(H,22,25)(H,24,26). The van der Waals surface area contributed by atoms with Gasteiger partial charge in [0.15, 0.2) is 0 Å². The van der Waals surface area contributed by atoms with Crippen molar-refractivity contribution in [1.29, 1.82) is 0 Å². The third kappa shape index (κ3) is 5.04. The van der Waals surface area contributed by atoms with Gasteiger partial charge in [0.2, 0.25) is 11.8 Å². The van der Waals surface area contributed by atoms with Crippen LogP contribution in [0.1, 0.15) is 12.1 Å². The van der Waals surface area contributed by atoms with Crippen LogP contribution < -0.4 is 10.6 Å². The summed E-state index contributed by atoms with van der Waals surface area (Å²) in [6, 6.07) is 18.5. The van der Waals surface area contributed by atoms with Gasteiger partial charge in [-0.3, -0.25) is 14.6 Å². The van der Waals surface area contributed by atoms with Crippen molar-refractivity contribution < 1.29 is 9.59 Å². The number of para-hydroxylation sites is 1. The summed E-state index contributed by atoms with van der Waals surface area (Å²) >= 11 is 5.79. The smallest absolute Gasteiger partial charge is 0.243 e. The van der Waals surface area contributed by atoms with Gasteiger partial charge < -0.3 is 10.6 Å². The number of hydrogen-bond acceptors (Lipinski definition) is 3. The summed E-state index contributed by atoms with van der Waals surface area (Å²) in [6.45, 7) is -0.0768. The van der Waals surface area contributed by atoms with E-state index in [9.17, 15) is 9.59 Å². The largest absolute Gasteiger partial charge is 0.347 e. The van der Waals surface area contributed by atoms with E-state index >= 15 is 0 Å². The number of halogens is 1. The highest BCUT2D eigenvalue weighted by Crippen LogP contribution is 2.14. The average Bonchev–Trinajstić information content (AvgIpc) is 2.66. The minimum absolute atomic E-state index is 0.0768. The molecule has 2 N–H and O–H groups in total. The number of aromatic nitrogens is 1. The van der Waals surface area contributed by atoms with E-state index in [4.69, 9.17) is 11.6 Å². The normalized spacial score (nSPS) is 10.5. The van der Waals surface area contributed by atoms with Gasteiger partial charge in [0.25, 0.3) is 0 Å². The third-order valence-corrected chi connectivity index (χ3v) is 4.09. The van der Waals surface area contributed by atoms with Gasteiger partial charge in [-0.25, -0.2) is 0 Å². The minimum Gasteiger partial charge on any atom is -0.347 e. The van der Waals surface area contributed by atoms with Crippen molar-refractivity contribution in [3.05, 3.63) is 71.4 Å². The first kappa shape index (κ1) is 17.9. The van der Waals surface area contributed by atoms with Crippen LogP contribution in [-0.2, 0) is 16.0 Å². The van der Waals surface area contributed by atoms with Crippen LogP contribution in [0, 0.1) is 0 Å². The van der Waals surface area contributed by atoms with Gasteiger partial charge in [-0.2, -0.15) is 0 Å². The number of rotatable bonds is 6. The van der Waals surface area contributed by atoms with Gasteiger partial charge in [-0.1, -0.05) is 35.9 Å². The summed E-state index contributed by atoms with van der Waals surface area (Å²) in [4.78, 5) is 28.3. The molecule has 0 spiro atoms. The van der Waals surface area contributed by atoms with Crippen molar-refractivity contribution in [2.45, 2.75) is 12.8 Å². The van der Waals surface area contributed by atoms with Gasteiger partial charge >= 0.3 is 0 Å². The lowest BCUT2D eigenvalue weighted by Gasteiger charge is -2.07. The Morgan fingerprint density at radius 3 is 2.50 bits per heavy atom. The zero-order valence-corrected chi connectivity index (χ0v) is 14.8. The molecular weight excluding hydrogens is 350 g/mol. The number of benzene rings is 2. The molecule has 26 heavy (non-hydrogen) atoms. The van der Waals surface area contributed by atoms with E-state index in [-0.39, 0.29) is 24.8 Å². The van der Waals surface area contributed by atoms with Crippen molar-refractivity contribution >= 4 is 40.0 Å². The molecule has 1 aromatic heterocycles. The van der Waals surface area contributed by atoms with Gasteiger partial charge in [0.1, 0.15) is 0 Å². The summed E-state index contributed by atoms with van der Waals surface area (Å²) in [7, 11) is 0. The lowest BCUT2D eigenvalue weighted by atomic mass is 10.1. The molecule has 3 aromatic rings. The molecule has 0 saturated carbocycles. The van der Waals surface area contributed by atoms with Crippen LogP contribution in [0.5, 0.6) is 0 Å². The maximum absolute atomic E-state index is 11.9. The molecule has 0 aliphatic carbocycles. The first-order valence-electron chi connectivity index (χ1n) is 8.27. The van der Waals surface area contributed by atoms with Crippen LogP contribution in [0.15, 0.2) is 60.7 Å². The number of pyridine rings is 1. The van der Waals surface area contributed by atoms with E-state index in [1.54, 1.807) is 24.3 Å². The fourth-order valence-corrected chi connectivity index (χ4v) is 2.62. The summed E-state index contributed by atoms with van der Waals surface area (Å²) in [6.07, 6.45) is 0.801. The van der Waals surface area contributed by atoms with E-state index in [2.05, 4.69) is 15.6 Å². The van der Waals surface area contributed by atoms with Crippen molar-refractivity contribution in [3.63, 3.8) is 0 Å². The second-order valence-electron chi connectivity index (χ2n) is 5.83. The van der Waals surface area contributed by atoms with Gasteiger partial charge in [0, 0.05) is 28.2 Å². The Balaban J connectivity index is 1.44. The Bertz CT molecular complexity index is 926. The van der Waals surface area contributed by atoms with Crippen LogP contribution in [0.2, 0.25) is 5.02 Å². The number of nitrogens with one attached hydrogen (secondary N) is 2. The zero-order valence-electron chi connectivity index (χ0n) is 14.0. The van der Waals surface area contributed by atoms with Crippen molar-refractivity contribution in [3.8, 4) is 0 Å². The van der Waals surface area contributed by atoms with E-state index in [1.165, 1.54) is 0 Å². The first-order chi connectivity index (χ1) is 12.6. The molecule has 0 aliphatic heterocycles. The number of fused-ring (bicyclic) bond motifs is 1. The number of anilines is 1. The summed E-state index contributed by atoms with van der Waals surface area (Å²) < 4.78 is 0. The number of hydrogen-bond donors (Lipinski definition) is 2. The first-order valence-corrected chi connectivity index (χ1v) is 8.65. The van der Waals surface area contributed by atoms with Crippen molar-refractivity contribution in [2.75, 3.05) is 11.9 Å². The molecule has 1 heterocycles. The Morgan fingerprint density at radius 1 is 0.923 bits per heavy atom. The molecular formula is C20H18ClN3O2. The van der Waals surface area contributed by atoms with Crippen LogP contribution in [0.4, 0.5) is 5.69 Å². The average molecular weight is 368 g/mol. The second-order valence-corrected chi connectivity index (χ2v) is 6.26. The Hall–Kier alpha value is -2.92. The Kier molecular flexibility index (Phi) is 5.81. The zero-order chi connectivity index (χ0) is 18.4. The predicted molar refractivity (Wildman–Crippen MR) is 103 cm³/mol. The SMILES string of the molecule is O=C(CCc1ccc2ccccc2n1)NCC(=O)Nc1ccc(Cl)cc1.